The Morgan fingerprint density at radius 3 is 2.73 bits per heavy atom. The number of hydrogen-bond donors (Lipinski definition) is 0. The van der Waals surface area contributed by atoms with E-state index >= 15 is 0 Å². The summed E-state index contributed by atoms with van der Waals surface area (Å²) in [5, 5.41) is 8.99. The summed E-state index contributed by atoms with van der Waals surface area (Å²) < 4.78 is 0. The van der Waals surface area contributed by atoms with Gasteiger partial charge in [0.05, 0.1) is 6.07 Å². The minimum atomic E-state index is -0.461. The first kappa shape index (κ1) is 12.0. The molecule has 0 aromatic heterocycles. The average Bonchev–Trinajstić information content (AvgIpc) is 2.65. The lowest BCUT2D eigenvalue weighted by Gasteiger charge is -2.27. The van der Waals surface area contributed by atoms with E-state index in [2.05, 4.69) is 13.0 Å². The number of nitrogens with zero attached hydrogens (tertiary/aromatic N) is 2. The molecule has 0 N–H and O–H groups in total. The number of carbonyl (C=O) groups is 1. The van der Waals surface area contributed by atoms with Crippen molar-refractivity contribution in [3.63, 3.8) is 0 Å². The molecule has 1 saturated heterocycles. The molecular weight excluding hydrogens is 188 g/mol. The van der Waals surface area contributed by atoms with E-state index in [1.54, 1.807) is 0 Å². The molecule has 3 heteroatoms. The molecule has 2 unspecified atom stereocenters. The van der Waals surface area contributed by atoms with E-state index in [0.29, 0.717) is 6.04 Å². The summed E-state index contributed by atoms with van der Waals surface area (Å²) in [6.45, 7) is 6.81. The third-order valence-corrected chi connectivity index (χ3v) is 3.20. The van der Waals surface area contributed by atoms with Gasteiger partial charge in [-0.15, -0.1) is 0 Å². The van der Waals surface area contributed by atoms with Gasteiger partial charge in [0, 0.05) is 12.6 Å². The molecule has 1 fully saturated rings. The van der Waals surface area contributed by atoms with Crippen molar-refractivity contribution in [2.45, 2.75) is 46.1 Å². The Labute approximate surface area is 92.1 Å². The second-order valence-corrected chi connectivity index (χ2v) is 4.59. The van der Waals surface area contributed by atoms with Gasteiger partial charge in [-0.3, -0.25) is 4.79 Å². The largest absolute Gasteiger partial charge is 0.339 e. The molecule has 0 radical (unpaired) electrons. The maximum absolute atomic E-state index is 12.1. The highest BCUT2D eigenvalue weighted by molar-refractivity contribution is 5.82. The van der Waals surface area contributed by atoms with E-state index < -0.39 is 5.92 Å². The van der Waals surface area contributed by atoms with E-state index in [1.165, 1.54) is 0 Å². The third-order valence-electron chi connectivity index (χ3n) is 3.20. The molecule has 0 aliphatic carbocycles. The van der Waals surface area contributed by atoms with Crippen molar-refractivity contribution in [1.29, 1.82) is 5.26 Å². The topological polar surface area (TPSA) is 44.1 Å². The summed E-state index contributed by atoms with van der Waals surface area (Å²) in [4.78, 5) is 14.0. The zero-order valence-corrected chi connectivity index (χ0v) is 9.86. The second-order valence-electron chi connectivity index (χ2n) is 4.59. The maximum atomic E-state index is 12.1. The van der Waals surface area contributed by atoms with Crippen molar-refractivity contribution in [2.24, 2.45) is 11.8 Å². The molecule has 1 heterocycles. The Hall–Kier alpha value is -1.04. The predicted octanol–water partition coefficient (Wildman–Crippen LogP) is 2.18. The van der Waals surface area contributed by atoms with Gasteiger partial charge in [-0.1, -0.05) is 20.8 Å². The minimum absolute atomic E-state index is 0.0388. The monoisotopic (exact) mass is 208 g/mol. The summed E-state index contributed by atoms with van der Waals surface area (Å²) in [5.74, 6) is -0.311. The highest BCUT2D eigenvalue weighted by atomic mass is 16.2. The molecule has 0 spiro atoms. The van der Waals surface area contributed by atoms with Crippen LogP contribution in [0.3, 0.4) is 0 Å². The van der Waals surface area contributed by atoms with Crippen molar-refractivity contribution < 1.29 is 4.79 Å². The number of amides is 1. The van der Waals surface area contributed by atoms with Crippen LogP contribution >= 0.6 is 0 Å². The number of carbonyl (C=O) groups excluding carboxylic acids is 1. The first-order valence-corrected chi connectivity index (χ1v) is 5.81. The molecule has 3 nitrogen and oxygen atoms in total. The SMILES string of the molecule is CCC1CCCN1C(=O)C(C#N)C(C)C. The summed E-state index contributed by atoms with van der Waals surface area (Å²) in [6.07, 6.45) is 3.18. The molecular formula is C12H20N2O. The number of rotatable bonds is 3. The van der Waals surface area contributed by atoms with E-state index in [1.807, 2.05) is 18.7 Å². The summed E-state index contributed by atoms with van der Waals surface area (Å²) in [6, 6.07) is 2.50. The van der Waals surface area contributed by atoms with Crippen LogP contribution in [0.2, 0.25) is 0 Å². The molecule has 1 amide bonds. The Kier molecular flexibility index (Phi) is 4.14. The summed E-state index contributed by atoms with van der Waals surface area (Å²) in [7, 11) is 0. The van der Waals surface area contributed by atoms with E-state index in [9.17, 15) is 4.79 Å². The van der Waals surface area contributed by atoms with Crippen molar-refractivity contribution >= 4 is 5.91 Å². The minimum Gasteiger partial charge on any atom is -0.339 e. The molecule has 15 heavy (non-hydrogen) atoms. The number of likely N-dealkylation sites (tertiary alicyclic amines) is 1. The quantitative estimate of drug-likeness (QED) is 0.713. The van der Waals surface area contributed by atoms with Gasteiger partial charge in [-0.2, -0.15) is 5.26 Å². The van der Waals surface area contributed by atoms with Crippen molar-refractivity contribution in [2.75, 3.05) is 6.54 Å². The van der Waals surface area contributed by atoms with Crippen LogP contribution in [-0.2, 0) is 4.79 Å². The van der Waals surface area contributed by atoms with E-state index in [-0.39, 0.29) is 11.8 Å². The molecule has 2 atom stereocenters. The molecule has 84 valence electrons. The Morgan fingerprint density at radius 1 is 1.60 bits per heavy atom. The first-order chi connectivity index (χ1) is 7.11. The summed E-state index contributed by atoms with van der Waals surface area (Å²) in [5.41, 5.74) is 0. The lowest BCUT2D eigenvalue weighted by molar-refractivity contribution is -0.135. The zero-order chi connectivity index (χ0) is 11.4. The number of nitriles is 1. The highest BCUT2D eigenvalue weighted by Gasteiger charge is 2.33. The zero-order valence-electron chi connectivity index (χ0n) is 9.86. The molecule has 1 aliphatic rings. The lowest BCUT2D eigenvalue weighted by Crippen LogP contribution is -2.40. The second kappa shape index (κ2) is 5.16. The van der Waals surface area contributed by atoms with Crippen LogP contribution < -0.4 is 0 Å². The average molecular weight is 208 g/mol. The van der Waals surface area contributed by atoms with E-state index in [4.69, 9.17) is 5.26 Å². The predicted molar refractivity (Wildman–Crippen MR) is 59.0 cm³/mol. The molecule has 0 bridgehead atoms. The fourth-order valence-corrected chi connectivity index (χ4v) is 2.22. The maximum Gasteiger partial charge on any atom is 0.240 e. The first-order valence-electron chi connectivity index (χ1n) is 5.81. The highest BCUT2D eigenvalue weighted by Crippen LogP contribution is 2.24. The normalized spacial score (nSPS) is 22.9. The number of hydrogen-bond acceptors (Lipinski definition) is 2. The lowest BCUT2D eigenvalue weighted by atomic mass is 9.95. The Balaban J connectivity index is 2.71. The van der Waals surface area contributed by atoms with Crippen LogP contribution in [0.15, 0.2) is 0 Å². The Morgan fingerprint density at radius 2 is 2.27 bits per heavy atom. The Bertz CT molecular complexity index is 267. The smallest absolute Gasteiger partial charge is 0.240 e. The van der Waals surface area contributed by atoms with Crippen molar-refractivity contribution in [3.05, 3.63) is 0 Å². The molecule has 0 saturated carbocycles. The van der Waals surface area contributed by atoms with Crippen molar-refractivity contribution in [3.8, 4) is 6.07 Å². The van der Waals surface area contributed by atoms with Gasteiger partial charge >= 0.3 is 0 Å². The van der Waals surface area contributed by atoms with Crippen LogP contribution in [0.4, 0.5) is 0 Å². The fraction of sp³-hybridized carbons (Fsp3) is 0.833. The van der Waals surface area contributed by atoms with Gasteiger partial charge in [0.1, 0.15) is 5.92 Å². The summed E-state index contributed by atoms with van der Waals surface area (Å²) >= 11 is 0. The molecule has 0 aromatic rings. The van der Waals surface area contributed by atoms with Crippen LogP contribution in [0.1, 0.15) is 40.0 Å². The standard InChI is InChI=1S/C12H20N2O/c1-4-10-6-5-7-14(10)12(15)11(8-13)9(2)3/h9-11H,4-7H2,1-3H3. The van der Waals surface area contributed by atoms with Gasteiger partial charge in [0.25, 0.3) is 0 Å². The van der Waals surface area contributed by atoms with Crippen LogP contribution in [0.5, 0.6) is 0 Å². The van der Waals surface area contributed by atoms with Crippen LogP contribution in [0, 0.1) is 23.2 Å². The van der Waals surface area contributed by atoms with Crippen LogP contribution in [-0.4, -0.2) is 23.4 Å². The fourth-order valence-electron chi connectivity index (χ4n) is 2.22. The van der Waals surface area contributed by atoms with Crippen LogP contribution in [0.25, 0.3) is 0 Å². The molecule has 0 aromatic carbocycles. The third kappa shape index (κ3) is 2.50. The van der Waals surface area contributed by atoms with Gasteiger partial charge in [-0.05, 0) is 25.2 Å². The van der Waals surface area contributed by atoms with Gasteiger partial charge in [0.2, 0.25) is 5.91 Å². The van der Waals surface area contributed by atoms with Gasteiger partial charge in [0.15, 0.2) is 0 Å². The van der Waals surface area contributed by atoms with Crippen molar-refractivity contribution in [1.82, 2.24) is 4.90 Å². The van der Waals surface area contributed by atoms with E-state index in [0.717, 1.165) is 25.8 Å². The van der Waals surface area contributed by atoms with Gasteiger partial charge in [-0.25, -0.2) is 0 Å². The molecule has 1 rings (SSSR count). The molecule has 1 aliphatic heterocycles. The van der Waals surface area contributed by atoms with Gasteiger partial charge < -0.3 is 4.90 Å².